The van der Waals surface area contributed by atoms with Crippen LogP contribution in [0.25, 0.3) is 0 Å². The minimum absolute atomic E-state index is 0.00355. The van der Waals surface area contributed by atoms with Crippen molar-refractivity contribution in [1.82, 2.24) is 19.6 Å². The van der Waals surface area contributed by atoms with Gasteiger partial charge in [-0.3, -0.25) is 24.3 Å². The van der Waals surface area contributed by atoms with Crippen LogP contribution < -0.4 is 5.32 Å². The summed E-state index contributed by atoms with van der Waals surface area (Å²) in [7, 11) is 0. The molecule has 2 heterocycles. The van der Waals surface area contributed by atoms with E-state index in [1.54, 1.807) is 6.07 Å². The summed E-state index contributed by atoms with van der Waals surface area (Å²) in [6.45, 7) is 0.310. The van der Waals surface area contributed by atoms with Gasteiger partial charge in [0.2, 0.25) is 11.6 Å². The number of nitrogens with one attached hydrogen (secondary N) is 1. The quantitative estimate of drug-likeness (QED) is 0.342. The van der Waals surface area contributed by atoms with Crippen molar-refractivity contribution in [2.45, 2.75) is 26.2 Å². The van der Waals surface area contributed by atoms with Crippen LogP contribution in [0, 0.1) is 22.9 Å². The number of amides is 1. The van der Waals surface area contributed by atoms with Gasteiger partial charge in [0.05, 0.1) is 11.5 Å². The molecule has 0 saturated carbocycles. The average Bonchev–Trinajstić information content (AvgIpc) is 3.17. The van der Waals surface area contributed by atoms with Crippen LogP contribution in [0.15, 0.2) is 30.5 Å². The van der Waals surface area contributed by atoms with E-state index >= 15 is 0 Å². The molecule has 1 aromatic carbocycles. The van der Waals surface area contributed by atoms with Crippen molar-refractivity contribution in [3.63, 3.8) is 0 Å². The van der Waals surface area contributed by atoms with Gasteiger partial charge in [0.15, 0.2) is 5.82 Å². The zero-order chi connectivity index (χ0) is 22.9. The first-order chi connectivity index (χ1) is 14.5. The summed E-state index contributed by atoms with van der Waals surface area (Å²) in [5.74, 6) is -1.44. The molecule has 1 N–H and O–H groups in total. The molecule has 0 spiro atoms. The predicted octanol–water partition coefficient (Wildman–Crippen LogP) is 3.79. The first-order valence-corrected chi connectivity index (χ1v) is 8.90. The molecule has 3 rings (SSSR count). The highest BCUT2D eigenvalue weighted by Crippen LogP contribution is 2.36. The van der Waals surface area contributed by atoms with Crippen molar-refractivity contribution >= 4 is 29.0 Å². The first kappa shape index (κ1) is 22.2. The van der Waals surface area contributed by atoms with Crippen molar-refractivity contribution in [3.05, 3.63) is 68.4 Å². The summed E-state index contributed by atoms with van der Waals surface area (Å²) >= 11 is 6.01. The van der Waals surface area contributed by atoms with Crippen LogP contribution in [0.3, 0.4) is 0 Å². The van der Waals surface area contributed by atoms with E-state index < -0.39 is 46.4 Å². The van der Waals surface area contributed by atoms with Crippen LogP contribution >= 0.6 is 11.6 Å². The number of hydrogen-bond donors (Lipinski definition) is 1. The highest BCUT2D eigenvalue weighted by atomic mass is 35.5. The average molecular weight is 461 g/mol. The van der Waals surface area contributed by atoms with Gasteiger partial charge in [-0.15, -0.1) is 0 Å². The molecule has 0 bridgehead atoms. The maximum atomic E-state index is 13.8. The molecule has 0 atom stereocenters. The SMILES string of the molecule is Cc1c([N+](=O)[O-])c(C(F)(F)F)nn1CC(=O)Nc1nn(Cc2ccccc2F)cc1Cl. The number of hydrogen-bond acceptors (Lipinski definition) is 5. The van der Waals surface area contributed by atoms with Crippen molar-refractivity contribution in [2.24, 2.45) is 0 Å². The smallest absolute Gasteiger partial charge is 0.306 e. The Kier molecular flexibility index (Phi) is 5.97. The van der Waals surface area contributed by atoms with Gasteiger partial charge in [-0.1, -0.05) is 29.8 Å². The number of anilines is 1. The van der Waals surface area contributed by atoms with E-state index in [0.29, 0.717) is 10.2 Å². The molecule has 14 heteroatoms. The molecule has 0 fully saturated rings. The Balaban J connectivity index is 1.77. The maximum Gasteiger partial charge on any atom is 0.442 e. The second-order valence-corrected chi connectivity index (χ2v) is 6.77. The Bertz CT molecular complexity index is 1160. The maximum absolute atomic E-state index is 13.8. The van der Waals surface area contributed by atoms with Crippen molar-refractivity contribution in [3.8, 4) is 0 Å². The summed E-state index contributed by atoms with van der Waals surface area (Å²) in [4.78, 5) is 22.0. The molecular weight excluding hydrogens is 448 g/mol. The lowest BCUT2D eigenvalue weighted by Gasteiger charge is -2.05. The number of carbonyl (C=O) groups is 1. The third kappa shape index (κ3) is 4.82. The lowest BCUT2D eigenvalue weighted by molar-refractivity contribution is -0.388. The fourth-order valence-electron chi connectivity index (χ4n) is 2.77. The van der Waals surface area contributed by atoms with Gasteiger partial charge >= 0.3 is 11.9 Å². The van der Waals surface area contributed by atoms with Crippen LogP contribution in [-0.4, -0.2) is 30.4 Å². The standard InChI is InChI=1S/C17H13ClF4N6O3/c1-9-14(28(30)31)15(17(20,21)22)24-27(9)8-13(29)23-16-11(18)7-26(25-16)6-10-4-2-3-5-12(10)19/h2-5,7H,6,8H2,1H3,(H,23,25,29). The van der Waals surface area contributed by atoms with Gasteiger partial charge < -0.3 is 5.32 Å². The van der Waals surface area contributed by atoms with Crippen LogP contribution in [0.5, 0.6) is 0 Å². The number of carbonyl (C=O) groups excluding carboxylic acids is 1. The van der Waals surface area contributed by atoms with Gasteiger partial charge in [-0.2, -0.15) is 23.4 Å². The zero-order valence-electron chi connectivity index (χ0n) is 15.7. The van der Waals surface area contributed by atoms with Gasteiger partial charge in [-0.05, 0) is 13.0 Å². The number of alkyl halides is 3. The third-order valence-electron chi connectivity index (χ3n) is 4.18. The van der Waals surface area contributed by atoms with Gasteiger partial charge in [0.1, 0.15) is 23.1 Å². The molecule has 0 aliphatic heterocycles. The van der Waals surface area contributed by atoms with E-state index in [2.05, 4.69) is 15.5 Å². The Morgan fingerprint density at radius 1 is 1.29 bits per heavy atom. The van der Waals surface area contributed by atoms with Crippen molar-refractivity contribution < 1.29 is 27.3 Å². The van der Waals surface area contributed by atoms with Crippen LogP contribution in [0.2, 0.25) is 5.02 Å². The number of benzene rings is 1. The minimum Gasteiger partial charge on any atom is -0.306 e. The Morgan fingerprint density at radius 2 is 1.97 bits per heavy atom. The molecule has 31 heavy (non-hydrogen) atoms. The van der Waals surface area contributed by atoms with Gasteiger partial charge in [0.25, 0.3) is 0 Å². The molecule has 0 aliphatic carbocycles. The largest absolute Gasteiger partial charge is 0.442 e. The lowest BCUT2D eigenvalue weighted by atomic mass is 10.2. The first-order valence-electron chi connectivity index (χ1n) is 8.52. The molecule has 0 saturated heterocycles. The highest BCUT2D eigenvalue weighted by Gasteiger charge is 2.44. The molecule has 2 aromatic heterocycles. The Labute approximate surface area is 176 Å². The normalized spacial score (nSPS) is 11.5. The number of nitro groups is 1. The number of rotatable bonds is 6. The summed E-state index contributed by atoms with van der Waals surface area (Å²) in [6, 6.07) is 5.96. The number of aromatic nitrogens is 4. The zero-order valence-corrected chi connectivity index (χ0v) is 16.4. The van der Waals surface area contributed by atoms with Gasteiger partial charge in [-0.25, -0.2) is 4.39 Å². The van der Waals surface area contributed by atoms with E-state index in [1.807, 2.05) is 0 Å². The van der Waals surface area contributed by atoms with E-state index in [-0.39, 0.29) is 17.4 Å². The van der Waals surface area contributed by atoms with Crippen molar-refractivity contribution in [2.75, 3.05) is 5.32 Å². The predicted molar refractivity (Wildman–Crippen MR) is 100.0 cm³/mol. The van der Waals surface area contributed by atoms with E-state index in [9.17, 15) is 32.5 Å². The fourth-order valence-corrected chi connectivity index (χ4v) is 2.97. The van der Waals surface area contributed by atoms with E-state index in [0.717, 1.165) is 6.92 Å². The lowest BCUT2D eigenvalue weighted by Crippen LogP contribution is -2.21. The van der Waals surface area contributed by atoms with E-state index in [1.165, 1.54) is 29.1 Å². The van der Waals surface area contributed by atoms with Crippen LogP contribution in [0.4, 0.5) is 29.1 Å². The summed E-state index contributed by atoms with van der Waals surface area (Å²) in [5.41, 5.74) is -3.05. The summed E-state index contributed by atoms with van der Waals surface area (Å²) in [5, 5.41) is 20.5. The van der Waals surface area contributed by atoms with Crippen molar-refractivity contribution in [1.29, 1.82) is 0 Å². The molecule has 164 valence electrons. The topological polar surface area (TPSA) is 108 Å². The molecule has 0 unspecified atom stereocenters. The second-order valence-electron chi connectivity index (χ2n) is 6.36. The summed E-state index contributed by atoms with van der Waals surface area (Å²) < 4.78 is 54.6. The molecule has 9 nitrogen and oxygen atoms in total. The Morgan fingerprint density at radius 3 is 2.55 bits per heavy atom. The second kappa shape index (κ2) is 8.34. The molecule has 0 radical (unpaired) electrons. The highest BCUT2D eigenvalue weighted by molar-refractivity contribution is 6.33. The summed E-state index contributed by atoms with van der Waals surface area (Å²) in [6.07, 6.45) is -3.74. The molecule has 1 amide bonds. The van der Waals surface area contributed by atoms with Crippen LogP contribution in [0.1, 0.15) is 17.0 Å². The molecule has 3 aromatic rings. The number of nitrogens with zero attached hydrogens (tertiary/aromatic N) is 5. The molecule has 0 aliphatic rings. The van der Waals surface area contributed by atoms with Crippen LogP contribution in [-0.2, 0) is 24.1 Å². The fraction of sp³-hybridized carbons (Fsp3) is 0.235. The minimum atomic E-state index is -5.07. The Hall–Kier alpha value is -3.48. The monoisotopic (exact) mass is 460 g/mol. The van der Waals surface area contributed by atoms with E-state index in [4.69, 9.17) is 11.6 Å². The molecular formula is C17H13ClF4N6O3. The third-order valence-corrected chi connectivity index (χ3v) is 4.46. The number of halogens is 5. The van der Waals surface area contributed by atoms with Gasteiger partial charge in [0, 0.05) is 11.8 Å².